The zero-order chi connectivity index (χ0) is 37.2. The molecule has 0 saturated heterocycles. The van der Waals surface area contributed by atoms with E-state index in [0.717, 1.165) is 5.56 Å². The lowest BCUT2D eigenvalue weighted by molar-refractivity contribution is -0.159. The van der Waals surface area contributed by atoms with Gasteiger partial charge >= 0.3 is 12.2 Å². The second-order valence-corrected chi connectivity index (χ2v) is 12.8. The van der Waals surface area contributed by atoms with Gasteiger partial charge in [-0.2, -0.15) is 8.78 Å². The molecule has 3 N–H and O–H groups in total. The minimum atomic E-state index is -3.35. The number of pyridine rings is 1. The summed E-state index contributed by atoms with van der Waals surface area (Å²) >= 11 is 0. The monoisotopic (exact) mass is 711 g/mol. The first kappa shape index (κ1) is 38.1. The fraction of sp³-hybridized carbons (Fsp3) is 0.371. The number of aryl methyl sites for hydroxylation is 1. The summed E-state index contributed by atoms with van der Waals surface area (Å²) in [5.74, 6) is -0.998. The number of hydrogen-bond donors (Lipinski definition) is 3. The molecule has 0 aliphatic rings. The summed E-state index contributed by atoms with van der Waals surface area (Å²) < 4.78 is 53.3. The zero-order valence-corrected chi connectivity index (χ0v) is 28.6. The van der Waals surface area contributed by atoms with Crippen molar-refractivity contribution in [3.05, 3.63) is 106 Å². The Hall–Kier alpha value is -5.67. The number of ether oxygens (including phenoxy) is 2. The Labute approximate surface area is 292 Å². The zero-order valence-electron chi connectivity index (χ0n) is 28.6. The minimum Gasteiger partial charge on any atom is -0.444 e. The quantitative estimate of drug-likeness (QED) is 0.156. The maximum Gasteiger partial charge on any atom is 0.407 e. The van der Waals surface area contributed by atoms with Gasteiger partial charge < -0.3 is 30.0 Å². The number of alkyl carbamates (subject to hydrolysis) is 1. The maximum atomic E-state index is 14.8. The number of hydrogen-bond acceptors (Lipinski definition) is 8. The molecule has 2 aromatic carbocycles. The van der Waals surface area contributed by atoms with E-state index in [-0.39, 0.29) is 62.1 Å². The number of nitrogens with zero attached hydrogens (tertiary/aromatic N) is 4. The number of alkyl halides is 3. The Morgan fingerprint density at radius 3 is 2.31 bits per heavy atom. The Morgan fingerprint density at radius 1 is 0.922 bits per heavy atom. The van der Waals surface area contributed by atoms with Crippen molar-refractivity contribution < 1.29 is 37.0 Å². The predicted octanol–water partition coefficient (Wildman–Crippen LogP) is 5.00. The second kappa shape index (κ2) is 16.8. The highest BCUT2D eigenvalue weighted by Gasteiger charge is 2.23. The van der Waals surface area contributed by atoms with E-state index in [2.05, 4.69) is 31.0 Å². The third-order valence-corrected chi connectivity index (χ3v) is 6.96. The fourth-order valence-electron chi connectivity index (χ4n) is 4.76. The van der Waals surface area contributed by atoms with Gasteiger partial charge in [0.2, 0.25) is 5.91 Å². The number of carbonyl (C=O) groups is 3. The molecule has 1 unspecified atom stereocenters. The minimum absolute atomic E-state index is 0.00560. The molecule has 4 rings (SSSR count). The van der Waals surface area contributed by atoms with E-state index in [4.69, 9.17) is 4.74 Å². The van der Waals surface area contributed by atoms with Crippen LogP contribution in [-0.2, 0) is 42.1 Å². The number of aromatic nitrogens is 4. The highest BCUT2D eigenvalue weighted by atomic mass is 19.3. The molecule has 0 bridgehead atoms. The lowest BCUT2D eigenvalue weighted by Gasteiger charge is -2.19. The van der Waals surface area contributed by atoms with Crippen LogP contribution in [0.15, 0.2) is 77.9 Å². The average Bonchev–Trinajstić information content (AvgIpc) is 3.49. The number of halogens is 3. The summed E-state index contributed by atoms with van der Waals surface area (Å²) in [7, 11) is 0. The van der Waals surface area contributed by atoms with Crippen LogP contribution in [-0.4, -0.2) is 55.3 Å². The van der Waals surface area contributed by atoms with Gasteiger partial charge in [0.15, 0.2) is 5.69 Å². The third-order valence-electron chi connectivity index (χ3n) is 6.96. The molecule has 0 saturated carbocycles. The smallest absolute Gasteiger partial charge is 0.407 e. The summed E-state index contributed by atoms with van der Waals surface area (Å²) in [4.78, 5) is 49.8. The molecule has 16 heteroatoms. The number of carbonyl (C=O) groups excluding carboxylic acids is 3. The molecule has 0 aliphatic heterocycles. The van der Waals surface area contributed by atoms with Crippen LogP contribution in [0.25, 0.3) is 0 Å². The molecular formula is C35H40F3N7O6. The van der Waals surface area contributed by atoms with Crippen LogP contribution >= 0.6 is 0 Å². The lowest BCUT2D eigenvalue weighted by atomic mass is 10.1. The predicted molar refractivity (Wildman–Crippen MR) is 181 cm³/mol. The van der Waals surface area contributed by atoms with E-state index in [1.165, 1.54) is 45.9 Å². The number of amides is 3. The summed E-state index contributed by atoms with van der Waals surface area (Å²) in [5.41, 5.74) is 1.18. The van der Waals surface area contributed by atoms with Gasteiger partial charge in [-0.3, -0.25) is 14.4 Å². The van der Waals surface area contributed by atoms with Gasteiger partial charge in [-0.1, -0.05) is 41.6 Å². The van der Waals surface area contributed by atoms with Gasteiger partial charge in [0.25, 0.3) is 11.5 Å². The first-order valence-electron chi connectivity index (χ1n) is 16.0. The molecule has 4 aromatic rings. The van der Waals surface area contributed by atoms with Crippen molar-refractivity contribution in [3.8, 4) is 5.75 Å². The number of anilines is 1. The second-order valence-electron chi connectivity index (χ2n) is 12.8. The number of benzene rings is 2. The van der Waals surface area contributed by atoms with Crippen LogP contribution in [0.5, 0.6) is 5.75 Å². The summed E-state index contributed by atoms with van der Waals surface area (Å²) in [5, 5.41) is 15.5. The van der Waals surface area contributed by atoms with Crippen LogP contribution in [0.1, 0.15) is 61.3 Å². The molecule has 1 atom stereocenters. The van der Waals surface area contributed by atoms with Crippen LogP contribution in [0, 0.1) is 0 Å². The topological polar surface area (TPSA) is 158 Å². The van der Waals surface area contributed by atoms with E-state index in [9.17, 15) is 32.3 Å². The SMILES string of the molecule is CC(C)(C)OC(=O)NCc1cccc(CC(=O)Nc2ccn(CCC(F)Cn3cc(C(=O)NCc4cccc(OC(C)(F)F)c4)nn3)c(=O)c2)c1. The van der Waals surface area contributed by atoms with Crippen molar-refractivity contribution in [3.63, 3.8) is 0 Å². The van der Waals surface area contributed by atoms with E-state index >= 15 is 0 Å². The largest absolute Gasteiger partial charge is 0.444 e. The lowest BCUT2D eigenvalue weighted by Crippen LogP contribution is -2.32. The molecule has 51 heavy (non-hydrogen) atoms. The van der Waals surface area contributed by atoms with Crippen LogP contribution in [0.2, 0.25) is 0 Å². The summed E-state index contributed by atoms with van der Waals surface area (Å²) in [6.07, 6.45) is -2.60. The summed E-state index contributed by atoms with van der Waals surface area (Å²) in [6.45, 7) is 5.99. The molecule has 0 spiro atoms. The average molecular weight is 712 g/mol. The normalized spacial score (nSPS) is 12.1. The molecule has 0 aliphatic carbocycles. The fourth-order valence-corrected chi connectivity index (χ4v) is 4.76. The van der Waals surface area contributed by atoms with Crippen LogP contribution in [0.3, 0.4) is 0 Å². The standard InChI is InChI=1S/C35H40F3N7O6/c1-34(2,3)51-33(49)40-20-24-8-5-7-23(15-24)17-30(46)41-27-12-14-44(31(47)18-27)13-11-26(36)21-45-22-29(42-43-45)32(48)39-19-25-9-6-10-28(16-25)50-35(4,37)38/h5-10,12,14-16,18,22,26H,11,13,17,19-21H2,1-4H3,(H,39,48)(H,40,49)(H,41,46). The van der Waals surface area contributed by atoms with Crippen molar-refractivity contribution in [1.82, 2.24) is 30.2 Å². The van der Waals surface area contributed by atoms with Crippen molar-refractivity contribution >= 4 is 23.6 Å². The first-order valence-corrected chi connectivity index (χ1v) is 16.0. The van der Waals surface area contributed by atoms with Crippen molar-refractivity contribution in [2.45, 2.75) is 84.6 Å². The summed E-state index contributed by atoms with van der Waals surface area (Å²) in [6, 6.07) is 15.8. The van der Waals surface area contributed by atoms with Gasteiger partial charge in [0, 0.05) is 44.5 Å². The molecule has 0 fully saturated rings. The van der Waals surface area contributed by atoms with E-state index in [0.29, 0.717) is 18.1 Å². The Balaban J connectivity index is 1.21. The Bertz CT molecular complexity index is 1880. The van der Waals surface area contributed by atoms with E-state index in [1.807, 2.05) is 6.07 Å². The molecule has 2 aromatic heterocycles. The van der Waals surface area contributed by atoms with Crippen molar-refractivity contribution in [2.75, 3.05) is 5.32 Å². The van der Waals surface area contributed by atoms with E-state index in [1.54, 1.807) is 51.1 Å². The Kier molecular flexibility index (Phi) is 12.6. The highest BCUT2D eigenvalue weighted by Crippen LogP contribution is 2.22. The molecule has 272 valence electrons. The Morgan fingerprint density at radius 2 is 1.61 bits per heavy atom. The molecule has 3 amide bonds. The first-order chi connectivity index (χ1) is 24.0. The molecule has 0 radical (unpaired) electrons. The molecular weight excluding hydrogens is 671 g/mol. The van der Waals surface area contributed by atoms with Crippen LogP contribution < -0.4 is 26.2 Å². The van der Waals surface area contributed by atoms with Gasteiger partial charge in [0.05, 0.1) is 19.2 Å². The van der Waals surface area contributed by atoms with Crippen molar-refractivity contribution in [2.24, 2.45) is 0 Å². The van der Waals surface area contributed by atoms with E-state index < -0.39 is 35.4 Å². The van der Waals surface area contributed by atoms with Crippen molar-refractivity contribution in [1.29, 1.82) is 0 Å². The van der Waals surface area contributed by atoms with Gasteiger partial charge in [-0.15, -0.1) is 5.10 Å². The van der Waals surface area contributed by atoms with Gasteiger partial charge in [0.1, 0.15) is 17.5 Å². The number of rotatable bonds is 15. The van der Waals surface area contributed by atoms with Crippen LogP contribution in [0.4, 0.5) is 23.7 Å². The molecule has 2 heterocycles. The third kappa shape index (κ3) is 13.3. The molecule has 13 nitrogen and oxygen atoms in total. The van der Waals surface area contributed by atoms with Gasteiger partial charge in [-0.05, 0) is 62.1 Å². The maximum absolute atomic E-state index is 14.8. The van der Waals surface area contributed by atoms with Gasteiger partial charge in [-0.25, -0.2) is 13.9 Å². The number of nitrogens with one attached hydrogen (secondary N) is 3. The highest BCUT2D eigenvalue weighted by molar-refractivity contribution is 5.92.